The van der Waals surface area contributed by atoms with Gasteiger partial charge in [0.2, 0.25) is 5.91 Å². The highest BCUT2D eigenvalue weighted by molar-refractivity contribution is 9.10. The lowest BCUT2D eigenvalue weighted by atomic mass is 9.73. The van der Waals surface area contributed by atoms with Crippen molar-refractivity contribution in [2.45, 2.75) is 57.3 Å². The molecule has 0 aromatic rings. The Labute approximate surface area is 95.0 Å². The summed E-state index contributed by atoms with van der Waals surface area (Å²) in [6.45, 7) is 6.36. The van der Waals surface area contributed by atoms with Crippen LogP contribution in [0.4, 0.5) is 0 Å². The van der Waals surface area contributed by atoms with Gasteiger partial charge in [-0.05, 0) is 25.2 Å². The number of amides is 1. The van der Waals surface area contributed by atoms with Crippen LogP contribution in [0.5, 0.6) is 0 Å². The molecule has 1 saturated carbocycles. The summed E-state index contributed by atoms with van der Waals surface area (Å²) in [5.41, 5.74) is 0.260. The minimum atomic E-state index is -0.0831. The number of nitrogens with one attached hydrogen (secondary N) is 1. The van der Waals surface area contributed by atoms with Gasteiger partial charge >= 0.3 is 0 Å². The summed E-state index contributed by atoms with van der Waals surface area (Å²) in [5.74, 6) is 0.116. The first-order chi connectivity index (χ1) is 6.43. The number of carbonyl (C=O) groups is 1. The maximum absolute atomic E-state index is 11.5. The molecule has 0 spiro atoms. The number of alkyl halides is 1. The van der Waals surface area contributed by atoms with Gasteiger partial charge in [0.25, 0.3) is 0 Å². The Morgan fingerprint density at radius 2 is 2.14 bits per heavy atom. The normalized spacial score (nSPS) is 28.1. The molecule has 1 aliphatic carbocycles. The molecule has 1 amide bonds. The molecular weight excluding hydrogens is 242 g/mol. The number of hydrogen-bond donors (Lipinski definition) is 1. The Bertz CT molecular complexity index is 213. The van der Waals surface area contributed by atoms with Gasteiger partial charge in [0.15, 0.2) is 0 Å². The maximum Gasteiger partial charge on any atom is 0.233 e. The lowest BCUT2D eigenvalue weighted by molar-refractivity contribution is -0.122. The molecule has 0 aliphatic heterocycles. The van der Waals surface area contributed by atoms with Crippen LogP contribution in [0, 0.1) is 5.41 Å². The van der Waals surface area contributed by atoms with Gasteiger partial charge in [-0.15, -0.1) is 0 Å². The lowest BCUT2D eigenvalue weighted by Gasteiger charge is -2.39. The molecule has 2 unspecified atom stereocenters. The highest BCUT2D eigenvalue weighted by Crippen LogP contribution is 2.35. The van der Waals surface area contributed by atoms with E-state index in [1.54, 1.807) is 0 Å². The van der Waals surface area contributed by atoms with Gasteiger partial charge in [0, 0.05) is 6.04 Å². The van der Waals surface area contributed by atoms with Crippen molar-refractivity contribution in [1.29, 1.82) is 0 Å². The summed E-state index contributed by atoms with van der Waals surface area (Å²) in [6.07, 6.45) is 4.88. The van der Waals surface area contributed by atoms with Crippen molar-refractivity contribution in [3.05, 3.63) is 0 Å². The van der Waals surface area contributed by atoms with E-state index in [1.807, 2.05) is 6.92 Å². The molecule has 82 valence electrons. The van der Waals surface area contributed by atoms with E-state index < -0.39 is 0 Å². The number of carbonyl (C=O) groups excluding carboxylic acids is 1. The Hall–Kier alpha value is -0.0500. The Morgan fingerprint density at radius 1 is 1.50 bits per heavy atom. The van der Waals surface area contributed by atoms with Crippen molar-refractivity contribution in [3.8, 4) is 0 Å². The fourth-order valence-corrected chi connectivity index (χ4v) is 2.18. The standard InChI is InChI=1S/C11H20BrNO/c1-8(12)10(14)13-9-6-4-5-7-11(9,2)3/h8-9H,4-7H2,1-3H3,(H,13,14). The van der Waals surface area contributed by atoms with Gasteiger partial charge in [0.05, 0.1) is 4.83 Å². The average Bonchev–Trinajstić information content (AvgIpc) is 2.08. The highest BCUT2D eigenvalue weighted by Gasteiger charge is 2.33. The molecule has 0 aromatic heterocycles. The molecule has 2 atom stereocenters. The van der Waals surface area contributed by atoms with E-state index in [0.717, 1.165) is 6.42 Å². The summed E-state index contributed by atoms with van der Waals surface area (Å²) >= 11 is 3.29. The molecule has 3 heteroatoms. The molecular formula is C11H20BrNO. The van der Waals surface area contributed by atoms with Crippen LogP contribution in [-0.4, -0.2) is 16.8 Å². The third-order valence-corrected chi connectivity index (χ3v) is 3.60. The van der Waals surface area contributed by atoms with Crippen LogP contribution in [0.25, 0.3) is 0 Å². The van der Waals surface area contributed by atoms with E-state index in [2.05, 4.69) is 35.1 Å². The largest absolute Gasteiger partial charge is 0.352 e. The van der Waals surface area contributed by atoms with Crippen LogP contribution in [0.15, 0.2) is 0 Å². The van der Waals surface area contributed by atoms with Crippen LogP contribution in [0.3, 0.4) is 0 Å². The zero-order valence-corrected chi connectivity index (χ0v) is 10.9. The molecule has 0 heterocycles. The number of halogens is 1. The predicted molar refractivity (Wildman–Crippen MR) is 62.6 cm³/mol. The van der Waals surface area contributed by atoms with Gasteiger partial charge < -0.3 is 5.32 Å². The number of hydrogen-bond acceptors (Lipinski definition) is 1. The van der Waals surface area contributed by atoms with Crippen molar-refractivity contribution >= 4 is 21.8 Å². The molecule has 0 aromatic carbocycles. The smallest absolute Gasteiger partial charge is 0.233 e. The molecule has 1 rings (SSSR count). The monoisotopic (exact) mass is 261 g/mol. The second-order valence-electron chi connectivity index (χ2n) is 4.91. The molecule has 14 heavy (non-hydrogen) atoms. The summed E-state index contributed by atoms with van der Waals surface area (Å²) in [7, 11) is 0. The molecule has 1 aliphatic rings. The van der Waals surface area contributed by atoms with Crippen LogP contribution in [-0.2, 0) is 4.79 Å². The Balaban J connectivity index is 2.54. The van der Waals surface area contributed by atoms with Gasteiger partial charge in [-0.25, -0.2) is 0 Å². The minimum absolute atomic E-state index is 0.0831. The molecule has 1 N–H and O–H groups in total. The Kier molecular flexibility index (Phi) is 3.99. The first-order valence-electron chi connectivity index (χ1n) is 5.38. The zero-order chi connectivity index (χ0) is 10.8. The number of rotatable bonds is 2. The van der Waals surface area contributed by atoms with E-state index in [9.17, 15) is 4.79 Å². The predicted octanol–water partition coefficient (Wildman–Crippen LogP) is 2.85. The summed E-state index contributed by atoms with van der Waals surface area (Å²) < 4.78 is 0. The molecule has 0 bridgehead atoms. The molecule has 2 nitrogen and oxygen atoms in total. The molecule has 0 saturated heterocycles. The quantitative estimate of drug-likeness (QED) is 0.762. The summed E-state index contributed by atoms with van der Waals surface area (Å²) in [5, 5.41) is 3.12. The zero-order valence-electron chi connectivity index (χ0n) is 9.27. The maximum atomic E-state index is 11.5. The van der Waals surface area contributed by atoms with Crippen molar-refractivity contribution in [2.75, 3.05) is 0 Å². The van der Waals surface area contributed by atoms with Crippen molar-refractivity contribution in [3.63, 3.8) is 0 Å². The second-order valence-corrected chi connectivity index (χ2v) is 6.29. The summed E-state index contributed by atoms with van der Waals surface area (Å²) in [4.78, 5) is 11.5. The first kappa shape index (κ1) is 12.0. The fourth-order valence-electron chi connectivity index (χ4n) is 2.05. The third kappa shape index (κ3) is 2.97. The second kappa shape index (κ2) is 4.65. The van der Waals surface area contributed by atoms with Crippen molar-refractivity contribution in [2.24, 2.45) is 5.41 Å². The first-order valence-corrected chi connectivity index (χ1v) is 6.29. The van der Waals surface area contributed by atoms with Crippen LogP contribution in [0.2, 0.25) is 0 Å². The van der Waals surface area contributed by atoms with E-state index in [0.29, 0.717) is 6.04 Å². The Morgan fingerprint density at radius 3 is 2.64 bits per heavy atom. The van der Waals surface area contributed by atoms with E-state index in [4.69, 9.17) is 0 Å². The minimum Gasteiger partial charge on any atom is -0.352 e. The van der Waals surface area contributed by atoms with Crippen LogP contribution < -0.4 is 5.32 Å². The lowest BCUT2D eigenvalue weighted by Crippen LogP contribution is -2.48. The highest BCUT2D eigenvalue weighted by atomic mass is 79.9. The molecule has 1 fully saturated rings. The topological polar surface area (TPSA) is 29.1 Å². The third-order valence-electron chi connectivity index (χ3n) is 3.19. The molecule has 0 radical (unpaired) electrons. The summed E-state index contributed by atoms with van der Waals surface area (Å²) in [6, 6.07) is 0.351. The SMILES string of the molecule is CC(Br)C(=O)NC1CCCCC1(C)C. The van der Waals surface area contributed by atoms with Crippen LogP contribution >= 0.6 is 15.9 Å². The van der Waals surface area contributed by atoms with E-state index in [1.165, 1.54) is 19.3 Å². The van der Waals surface area contributed by atoms with Crippen molar-refractivity contribution < 1.29 is 4.79 Å². The van der Waals surface area contributed by atoms with Crippen molar-refractivity contribution in [1.82, 2.24) is 5.32 Å². The van der Waals surface area contributed by atoms with Gasteiger partial charge in [-0.2, -0.15) is 0 Å². The van der Waals surface area contributed by atoms with Gasteiger partial charge in [-0.1, -0.05) is 42.6 Å². The van der Waals surface area contributed by atoms with Gasteiger partial charge in [-0.3, -0.25) is 4.79 Å². The van der Waals surface area contributed by atoms with Gasteiger partial charge in [0.1, 0.15) is 0 Å². The fraction of sp³-hybridized carbons (Fsp3) is 0.909. The van der Waals surface area contributed by atoms with E-state index >= 15 is 0 Å². The van der Waals surface area contributed by atoms with E-state index in [-0.39, 0.29) is 16.1 Å². The average molecular weight is 262 g/mol. The van der Waals surface area contributed by atoms with Crippen LogP contribution in [0.1, 0.15) is 46.5 Å².